The summed E-state index contributed by atoms with van der Waals surface area (Å²) in [4.78, 5) is 2.14. The first-order chi connectivity index (χ1) is 8.00. The van der Waals surface area contributed by atoms with Gasteiger partial charge in [-0.3, -0.25) is 0 Å². The van der Waals surface area contributed by atoms with Crippen molar-refractivity contribution in [1.82, 2.24) is 10.2 Å². The first kappa shape index (κ1) is 12.5. The summed E-state index contributed by atoms with van der Waals surface area (Å²) < 4.78 is 22.8. The Hall–Kier alpha value is -0.970. The van der Waals surface area contributed by atoms with Crippen LogP contribution in [0.2, 0.25) is 0 Å². The van der Waals surface area contributed by atoms with Gasteiger partial charge in [-0.2, -0.15) is 0 Å². The van der Waals surface area contributed by atoms with E-state index in [0.29, 0.717) is 19.1 Å². The third-order valence-electron chi connectivity index (χ3n) is 3.29. The Labute approximate surface area is 103 Å². The van der Waals surface area contributed by atoms with Gasteiger partial charge in [0.15, 0.2) is 9.84 Å². The minimum atomic E-state index is -2.80. The summed E-state index contributed by atoms with van der Waals surface area (Å²) in [6, 6.07) is 0.369. The number of rotatable bonds is 2. The fraction of sp³-hybridized carbons (Fsp3) is 0.667. The van der Waals surface area contributed by atoms with Gasteiger partial charge >= 0.3 is 0 Å². The van der Waals surface area contributed by atoms with E-state index in [-0.39, 0.29) is 11.5 Å². The summed E-state index contributed by atoms with van der Waals surface area (Å²) in [7, 11) is -2.80. The van der Waals surface area contributed by atoms with E-state index in [9.17, 15) is 8.42 Å². The summed E-state index contributed by atoms with van der Waals surface area (Å²) in [5.41, 5.74) is 1.25. The van der Waals surface area contributed by atoms with Gasteiger partial charge in [-0.25, -0.2) is 8.42 Å². The van der Waals surface area contributed by atoms with Crippen LogP contribution in [0.1, 0.15) is 20.3 Å². The Morgan fingerprint density at radius 1 is 1.41 bits per heavy atom. The third kappa shape index (κ3) is 3.03. The van der Waals surface area contributed by atoms with Crippen LogP contribution in [-0.2, 0) is 9.84 Å². The van der Waals surface area contributed by atoms with Crippen LogP contribution in [0, 0.1) is 0 Å². The van der Waals surface area contributed by atoms with E-state index in [2.05, 4.69) is 36.2 Å². The van der Waals surface area contributed by atoms with Crippen LogP contribution in [0.4, 0.5) is 0 Å². The molecule has 96 valence electrons. The van der Waals surface area contributed by atoms with Crippen LogP contribution in [0.25, 0.3) is 0 Å². The lowest BCUT2D eigenvalue weighted by Gasteiger charge is -2.35. The van der Waals surface area contributed by atoms with E-state index in [1.54, 1.807) is 0 Å². The highest BCUT2D eigenvalue weighted by molar-refractivity contribution is 7.91. The van der Waals surface area contributed by atoms with E-state index >= 15 is 0 Å². The summed E-state index contributed by atoms with van der Waals surface area (Å²) in [5.74, 6) is 1.61. The fourth-order valence-corrected chi connectivity index (χ4v) is 3.41. The lowest BCUT2D eigenvalue weighted by molar-refractivity contribution is 0.331. The molecule has 2 heterocycles. The molecule has 1 unspecified atom stereocenters. The monoisotopic (exact) mass is 256 g/mol. The van der Waals surface area contributed by atoms with E-state index in [4.69, 9.17) is 0 Å². The van der Waals surface area contributed by atoms with Gasteiger partial charge in [0.2, 0.25) is 0 Å². The maximum atomic E-state index is 11.4. The standard InChI is InChI=1S/C12H20N2O2S/c1-3-11-8-10(2)9-12(13-11)14-4-6-17(15,16)7-5-14/h8-9,11,13H,3-7H2,1-2H3. The molecule has 17 heavy (non-hydrogen) atoms. The molecular formula is C12H20N2O2S. The Bertz CT molecular complexity index is 437. The number of nitrogens with zero attached hydrogens (tertiary/aromatic N) is 1. The van der Waals surface area contributed by atoms with Gasteiger partial charge in [-0.15, -0.1) is 0 Å². The molecule has 1 fully saturated rings. The lowest BCUT2D eigenvalue weighted by atomic mass is 10.1. The lowest BCUT2D eigenvalue weighted by Crippen LogP contribution is -2.45. The zero-order chi connectivity index (χ0) is 12.5. The Kier molecular flexibility index (Phi) is 3.47. The van der Waals surface area contributed by atoms with Crippen molar-refractivity contribution in [2.24, 2.45) is 0 Å². The average Bonchev–Trinajstić information content (AvgIpc) is 2.28. The molecule has 0 radical (unpaired) electrons. The molecule has 5 heteroatoms. The zero-order valence-electron chi connectivity index (χ0n) is 10.4. The summed E-state index contributed by atoms with van der Waals surface area (Å²) in [6.45, 7) is 5.44. The van der Waals surface area contributed by atoms with Gasteiger partial charge in [0.05, 0.1) is 11.5 Å². The van der Waals surface area contributed by atoms with E-state index in [0.717, 1.165) is 12.2 Å². The van der Waals surface area contributed by atoms with Gasteiger partial charge in [0.1, 0.15) is 5.82 Å². The van der Waals surface area contributed by atoms with Crippen molar-refractivity contribution in [2.45, 2.75) is 26.3 Å². The van der Waals surface area contributed by atoms with Crippen LogP contribution in [-0.4, -0.2) is 44.0 Å². The molecule has 0 bridgehead atoms. The second-order valence-corrected chi connectivity index (χ2v) is 7.04. The molecule has 0 saturated carbocycles. The molecule has 0 aromatic heterocycles. The van der Waals surface area contributed by atoms with Gasteiger partial charge < -0.3 is 10.2 Å². The molecule has 0 amide bonds. The third-order valence-corrected chi connectivity index (χ3v) is 4.90. The quantitative estimate of drug-likeness (QED) is 0.797. The van der Waals surface area contributed by atoms with Crippen molar-refractivity contribution in [1.29, 1.82) is 0 Å². The topological polar surface area (TPSA) is 49.4 Å². The first-order valence-corrected chi connectivity index (χ1v) is 7.94. The minimum Gasteiger partial charge on any atom is -0.366 e. The second kappa shape index (κ2) is 4.72. The highest BCUT2D eigenvalue weighted by Crippen LogP contribution is 2.17. The van der Waals surface area contributed by atoms with Crippen molar-refractivity contribution in [3.63, 3.8) is 0 Å². The second-order valence-electron chi connectivity index (χ2n) is 4.74. The van der Waals surface area contributed by atoms with Crippen LogP contribution < -0.4 is 5.32 Å². The number of hydrogen-bond donors (Lipinski definition) is 1. The molecule has 1 saturated heterocycles. The number of allylic oxidation sites excluding steroid dienone is 2. The van der Waals surface area contributed by atoms with Crippen molar-refractivity contribution < 1.29 is 8.42 Å². The molecule has 2 aliphatic rings. The molecular weight excluding hydrogens is 236 g/mol. The van der Waals surface area contributed by atoms with Crippen molar-refractivity contribution in [3.05, 3.63) is 23.5 Å². The highest BCUT2D eigenvalue weighted by atomic mass is 32.2. The summed E-state index contributed by atoms with van der Waals surface area (Å²) >= 11 is 0. The number of hydrogen-bond acceptors (Lipinski definition) is 4. The average molecular weight is 256 g/mol. The van der Waals surface area contributed by atoms with Gasteiger partial charge in [-0.1, -0.05) is 13.0 Å². The maximum Gasteiger partial charge on any atom is 0.153 e. The van der Waals surface area contributed by atoms with Gasteiger partial charge in [-0.05, 0) is 25.0 Å². The summed E-state index contributed by atoms with van der Waals surface area (Å²) in [6.07, 6.45) is 5.36. The predicted molar refractivity (Wildman–Crippen MR) is 69.3 cm³/mol. The maximum absolute atomic E-state index is 11.4. The Morgan fingerprint density at radius 2 is 2.06 bits per heavy atom. The molecule has 1 atom stereocenters. The number of sulfone groups is 1. The normalized spacial score (nSPS) is 28.1. The predicted octanol–water partition coefficient (Wildman–Crippen LogP) is 0.886. The molecule has 0 aliphatic carbocycles. The molecule has 1 N–H and O–H groups in total. The van der Waals surface area contributed by atoms with E-state index < -0.39 is 9.84 Å². The Balaban J connectivity index is 2.07. The molecule has 2 aliphatic heterocycles. The first-order valence-electron chi connectivity index (χ1n) is 6.12. The van der Waals surface area contributed by atoms with Gasteiger partial charge in [0, 0.05) is 19.1 Å². The van der Waals surface area contributed by atoms with Crippen LogP contribution in [0.5, 0.6) is 0 Å². The van der Waals surface area contributed by atoms with Crippen LogP contribution in [0.3, 0.4) is 0 Å². The van der Waals surface area contributed by atoms with Crippen molar-refractivity contribution in [3.8, 4) is 0 Å². The molecule has 4 nitrogen and oxygen atoms in total. The van der Waals surface area contributed by atoms with E-state index in [1.165, 1.54) is 5.57 Å². The highest BCUT2D eigenvalue weighted by Gasteiger charge is 2.24. The molecule has 2 rings (SSSR count). The van der Waals surface area contributed by atoms with Crippen molar-refractivity contribution >= 4 is 9.84 Å². The molecule has 0 aromatic carbocycles. The minimum absolute atomic E-state index is 0.269. The van der Waals surface area contributed by atoms with E-state index in [1.807, 2.05) is 0 Å². The smallest absolute Gasteiger partial charge is 0.153 e. The largest absolute Gasteiger partial charge is 0.366 e. The fourth-order valence-electron chi connectivity index (χ4n) is 2.21. The SMILES string of the molecule is CCC1C=C(C)C=C(N2CCS(=O)(=O)CC2)N1. The summed E-state index contributed by atoms with van der Waals surface area (Å²) in [5, 5.41) is 3.45. The molecule has 0 aromatic rings. The van der Waals surface area contributed by atoms with Gasteiger partial charge in [0.25, 0.3) is 0 Å². The number of dihydropyridines is 1. The van der Waals surface area contributed by atoms with Crippen molar-refractivity contribution in [2.75, 3.05) is 24.6 Å². The number of nitrogens with one attached hydrogen (secondary N) is 1. The Morgan fingerprint density at radius 3 is 2.65 bits per heavy atom. The zero-order valence-corrected chi connectivity index (χ0v) is 11.3. The van der Waals surface area contributed by atoms with Crippen LogP contribution in [0.15, 0.2) is 23.5 Å². The molecule has 0 spiro atoms. The van der Waals surface area contributed by atoms with Crippen LogP contribution >= 0.6 is 0 Å².